The topological polar surface area (TPSA) is 67.8 Å². The standard InChI is InChI=1S/C16H18N4O/c1-2-15(21)19-13-6-3-7-14-12(13)10-18-16(20-14)11-5-4-8-17-9-11/h4-5,8-10,13H,2-3,6-7H2,1H3,(H,19,21)/t13-/m0/s1. The van der Waals surface area contributed by atoms with Gasteiger partial charge in [0.1, 0.15) is 0 Å². The molecule has 2 heterocycles. The highest BCUT2D eigenvalue weighted by molar-refractivity contribution is 5.76. The Balaban J connectivity index is 1.90. The smallest absolute Gasteiger partial charge is 0.220 e. The molecule has 5 heteroatoms. The van der Waals surface area contributed by atoms with Crippen LogP contribution in [0.2, 0.25) is 0 Å². The number of amides is 1. The molecule has 0 aromatic carbocycles. The zero-order valence-electron chi connectivity index (χ0n) is 12.0. The predicted octanol–water partition coefficient (Wildman–Crippen LogP) is 2.44. The summed E-state index contributed by atoms with van der Waals surface area (Å²) < 4.78 is 0. The van der Waals surface area contributed by atoms with Crippen molar-refractivity contribution in [3.05, 3.63) is 42.0 Å². The SMILES string of the molecule is CCC(=O)N[C@H]1CCCc2nc(-c3cccnc3)ncc21. The van der Waals surface area contributed by atoms with Crippen LogP contribution in [0.3, 0.4) is 0 Å². The Morgan fingerprint density at radius 1 is 1.43 bits per heavy atom. The van der Waals surface area contributed by atoms with Crippen LogP contribution >= 0.6 is 0 Å². The number of nitrogens with zero attached hydrogens (tertiary/aromatic N) is 3. The Labute approximate surface area is 123 Å². The molecule has 2 aromatic rings. The van der Waals surface area contributed by atoms with Gasteiger partial charge < -0.3 is 5.32 Å². The van der Waals surface area contributed by atoms with Crippen LogP contribution in [0.15, 0.2) is 30.7 Å². The molecule has 1 aliphatic rings. The van der Waals surface area contributed by atoms with Gasteiger partial charge in [0, 0.05) is 41.8 Å². The van der Waals surface area contributed by atoms with Crippen molar-refractivity contribution in [2.45, 2.75) is 38.6 Å². The number of nitrogens with one attached hydrogen (secondary N) is 1. The summed E-state index contributed by atoms with van der Waals surface area (Å²) in [6.45, 7) is 1.86. The number of hydrogen-bond acceptors (Lipinski definition) is 4. The van der Waals surface area contributed by atoms with E-state index in [2.05, 4.69) is 20.3 Å². The summed E-state index contributed by atoms with van der Waals surface area (Å²) in [5.74, 6) is 0.772. The van der Waals surface area contributed by atoms with E-state index >= 15 is 0 Å². The largest absolute Gasteiger partial charge is 0.349 e. The molecule has 0 radical (unpaired) electrons. The molecular formula is C16H18N4O. The summed E-state index contributed by atoms with van der Waals surface area (Å²) >= 11 is 0. The molecule has 0 fully saturated rings. The van der Waals surface area contributed by atoms with Gasteiger partial charge >= 0.3 is 0 Å². The highest BCUT2D eigenvalue weighted by atomic mass is 16.1. The Kier molecular flexibility index (Phi) is 3.90. The minimum atomic E-state index is 0.0455. The van der Waals surface area contributed by atoms with E-state index in [1.807, 2.05) is 25.3 Å². The quantitative estimate of drug-likeness (QED) is 0.939. The molecule has 1 N–H and O–H groups in total. The zero-order valence-corrected chi connectivity index (χ0v) is 12.0. The van der Waals surface area contributed by atoms with E-state index in [9.17, 15) is 4.79 Å². The molecule has 1 atom stereocenters. The van der Waals surface area contributed by atoms with Crippen molar-refractivity contribution < 1.29 is 4.79 Å². The van der Waals surface area contributed by atoms with E-state index in [4.69, 9.17) is 0 Å². The number of rotatable bonds is 3. The minimum Gasteiger partial charge on any atom is -0.349 e. The second-order valence-corrected chi connectivity index (χ2v) is 5.20. The lowest BCUT2D eigenvalue weighted by atomic mass is 9.92. The minimum absolute atomic E-state index is 0.0455. The summed E-state index contributed by atoms with van der Waals surface area (Å²) in [7, 11) is 0. The third-order valence-electron chi connectivity index (χ3n) is 3.76. The molecule has 0 aliphatic heterocycles. The third-order valence-corrected chi connectivity index (χ3v) is 3.76. The number of carbonyl (C=O) groups excluding carboxylic acids is 1. The van der Waals surface area contributed by atoms with Crippen molar-refractivity contribution in [3.8, 4) is 11.4 Å². The van der Waals surface area contributed by atoms with Gasteiger partial charge in [-0.1, -0.05) is 6.92 Å². The molecule has 0 unspecified atom stereocenters. The molecule has 3 rings (SSSR count). The van der Waals surface area contributed by atoms with Crippen molar-refractivity contribution in [3.63, 3.8) is 0 Å². The maximum absolute atomic E-state index is 11.6. The Morgan fingerprint density at radius 2 is 2.33 bits per heavy atom. The van der Waals surface area contributed by atoms with Crippen LogP contribution in [0, 0.1) is 0 Å². The average Bonchev–Trinajstić information content (AvgIpc) is 2.55. The molecule has 0 spiro atoms. The molecule has 0 saturated heterocycles. The molecule has 1 amide bonds. The van der Waals surface area contributed by atoms with E-state index in [1.54, 1.807) is 12.4 Å². The van der Waals surface area contributed by atoms with Gasteiger partial charge in [-0.15, -0.1) is 0 Å². The van der Waals surface area contributed by atoms with E-state index in [0.717, 1.165) is 36.1 Å². The lowest BCUT2D eigenvalue weighted by molar-refractivity contribution is -0.121. The van der Waals surface area contributed by atoms with Gasteiger partial charge in [-0.2, -0.15) is 0 Å². The lowest BCUT2D eigenvalue weighted by Gasteiger charge is -2.25. The van der Waals surface area contributed by atoms with Gasteiger partial charge in [0.15, 0.2) is 5.82 Å². The Hall–Kier alpha value is -2.30. The number of aryl methyl sites for hydroxylation is 1. The molecule has 108 valence electrons. The highest BCUT2D eigenvalue weighted by Crippen LogP contribution is 2.29. The zero-order chi connectivity index (χ0) is 14.7. The number of hydrogen-bond donors (Lipinski definition) is 1. The average molecular weight is 282 g/mol. The van der Waals surface area contributed by atoms with Crippen molar-refractivity contribution in [2.75, 3.05) is 0 Å². The van der Waals surface area contributed by atoms with Crippen molar-refractivity contribution in [2.24, 2.45) is 0 Å². The second-order valence-electron chi connectivity index (χ2n) is 5.20. The van der Waals surface area contributed by atoms with Crippen LogP contribution < -0.4 is 5.32 Å². The first-order valence-electron chi connectivity index (χ1n) is 7.33. The number of pyridine rings is 1. The van der Waals surface area contributed by atoms with Crippen LogP contribution in [0.25, 0.3) is 11.4 Å². The van der Waals surface area contributed by atoms with Crippen LogP contribution in [-0.2, 0) is 11.2 Å². The van der Waals surface area contributed by atoms with Gasteiger partial charge in [0.25, 0.3) is 0 Å². The van der Waals surface area contributed by atoms with Gasteiger partial charge in [-0.25, -0.2) is 9.97 Å². The Morgan fingerprint density at radius 3 is 3.10 bits per heavy atom. The fourth-order valence-corrected chi connectivity index (χ4v) is 2.63. The highest BCUT2D eigenvalue weighted by Gasteiger charge is 2.23. The third kappa shape index (κ3) is 2.91. The fraction of sp³-hybridized carbons (Fsp3) is 0.375. The van der Waals surface area contributed by atoms with E-state index in [0.29, 0.717) is 12.2 Å². The second kappa shape index (κ2) is 5.99. The maximum atomic E-state index is 11.6. The number of aromatic nitrogens is 3. The number of fused-ring (bicyclic) bond motifs is 1. The normalized spacial score (nSPS) is 17.1. The lowest BCUT2D eigenvalue weighted by Crippen LogP contribution is -2.30. The van der Waals surface area contributed by atoms with E-state index in [-0.39, 0.29) is 11.9 Å². The molecule has 2 aromatic heterocycles. The first-order valence-corrected chi connectivity index (χ1v) is 7.33. The van der Waals surface area contributed by atoms with E-state index < -0.39 is 0 Å². The first-order chi connectivity index (χ1) is 10.3. The maximum Gasteiger partial charge on any atom is 0.220 e. The van der Waals surface area contributed by atoms with Crippen LogP contribution in [0.4, 0.5) is 0 Å². The molecule has 21 heavy (non-hydrogen) atoms. The summed E-state index contributed by atoms with van der Waals surface area (Å²) in [6.07, 6.45) is 8.77. The summed E-state index contributed by atoms with van der Waals surface area (Å²) in [6, 6.07) is 3.88. The predicted molar refractivity (Wildman–Crippen MR) is 79.4 cm³/mol. The van der Waals surface area contributed by atoms with Crippen molar-refractivity contribution in [1.29, 1.82) is 0 Å². The molecule has 0 bridgehead atoms. The van der Waals surface area contributed by atoms with Crippen LogP contribution in [0.1, 0.15) is 43.5 Å². The number of carbonyl (C=O) groups is 1. The Bertz CT molecular complexity index is 642. The van der Waals surface area contributed by atoms with Crippen LogP contribution in [-0.4, -0.2) is 20.9 Å². The van der Waals surface area contributed by atoms with Gasteiger partial charge in [-0.3, -0.25) is 9.78 Å². The summed E-state index contributed by atoms with van der Waals surface area (Å²) in [5.41, 5.74) is 3.01. The molecule has 0 saturated carbocycles. The molecular weight excluding hydrogens is 264 g/mol. The van der Waals surface area contributed by atoms with Gasteiger partial charge in [0.2, 0.25) is 5.91 Å². The van der Waals surface area contributed by atoms with Gasteiger partial charge in [0.05, 0.1) is 6.04 Å². The van der Waals surface area contributed by atoms with Crippen molar-refractivity contribution >= 4 is 5.91 Å². The molecule has 5 nitrogen and oxygen atoms in total. The monoisotopic (exact) mass is 282 g/mol. The van der Waals surface area contributed by atoms with Gasteiger partial charge in [-0.05, 0) is 31.4 Å². The summed E-state index contributed by atoms with van der Waals surface area (Å²) in [4.78, 5) is 24.8. The van der Waals surface area contributed by atoms with Crippen LogP contribution in [0.5, 0.6) is 0 Å². The summed E-state index contributed by atoms with van der Waals surface area (Å²) in [5, 5.41) is 3.05. The fourth-order valence-electron chi connectivity index (χ4n) is 2.63. The first kappa shape index (κ1) is 13.7. The van der Waals surface area contributed by atoms with E-state index in [1.165, 1.54) is 0 Å². The molecule has 1 aliphatic carbocycles. The van der Waals surface area contributed by atoms with Crippen molar-refractivity contribution in [1.82, 2.24) is 20.3 Å².